The summed E-state index contributed by atoms with van der Waals surface area (Å²) in [6.45, 7) is 9.10. The number of benzene rings is 3. The van der Waals surface area contributed by atoms with E-state index in [9.17, 15) is 17.6 Å². The molecular formula is C33H38FN5O3S. The lowest BCUT2D eigenvalue weighted by atomic mass is 9.91. The molecule has 2 heterocycles. The van der Waals surface area contributed by atoms with Crippen LogP contribution < -0.4 is 10.6 Å². The molecule has 1 fully saturated rings. The van der Waals surface area contributed by atoms with E-state index in [1.165, 1.54) is 28.6 Å². The van der Waals surface area contributed by atoms with E-state index in [1.807, 2.05) is 61.5 Å². The number of carbonyl (C=O) groups is 1. The van der Waals surface area contributed by atoms with Crippen molar-refractivity contribution in [2.24, 2.45) is 5.92 Å². The van der Waals surface area contributed by atoms with Crippen LogP contribution in [0.25, 0.3) is 5.69 Å². The van der Waals surface area contributed by atoms with Gasteiger partial charge in [-0.3, -0.25) is 5.32 Å². The van der Waals surface area contributed by atoms with E-state index < -0.39 is 15.8 Å². The topological polar surface area (TPSA) is 96.3 Å². The van der Waals surface area contributed by atoms with Gasteiger partial charge >= 0.3 is 6.03 Å². The normalized spacial score (nSPS) is 14.9. The van der Waals surface area contributed by atoms with Gasteiger partial charge in [0.1, 0.15) is 11.6 Å². The lowest BCUT2D eigenvalue weighted by molar-refractivity contribution is 0.262. The number of aromatic nitrogens is 2. The van der Waals surface area contributed by atoms with Crippen LogP contribution in [0.2, 0.25) is 0 Å². The summed E-state index contributed by atoms with van der Waals surface area (Å²) in [4.78, 5) is 13.2. The molecule has 1 saturated heterocycles. The number of anilines is 2. The molecular weight excluding hydrogens is 565 g/mol. The van der Waals surface area contributed by atoms with Crippen LogP contribution in [0.5, 0.6) is 0 Å². The first kappa shape index (κ1) is 30.4. The van der Waals surface area contributed by atoms with Gasteiger partial charge in [-0.1, -0.05) is 50.6 Å². The van der Waals surface area contributed by atoms with E-state index in [1.54, 1.807) is 4.68 Å². The third kappa shape index (κ3) is 7.32. The summed E-state index contributed by atoms with van der Waals surface area (Å²) >= 11 is 0. The second-order valence-electron chi connectivity index (χ2n) is 12.2. The monoisotopic (exact) mass is 603 g/mol. The number of nitrogens with one attached hydrogen (secondary N) is 2. The Hall–Kier alpha value is -4.02. The maximum absolute atomic E-state index is 13.3. The fraction of sp³-hybridized carbons (Fsp3) is 0.333. The number of piperidine rings is 1. The predicted octanol–water partition coefficient (Wildman–Crippen LogP) is 6.90. The van der Waals surface area contributed by atoms with Gasteiger partial charge in [0.15, 0.2) is 0 Å². The molecule has 0 radical (unpaired) electrons. The van der Waals surface area contributed by atoms with Crippen LogP contribution in [0.3, 0.4) is 0 Å². The Kier molecular flexibility index (Phi) is 8.71. The van der Waals surface area contributed by atoms with E-state index >= 15 is 0 Å². The highest BCUT2D eigenvalue weighted by atomic mass is 32.2. The molecule has 43 heavy (non-hydrogen) atoms. The molecule has 0 bridgehead atoms. The fourth-order valence-corrected chi connectivity index (χ4v) is 6.69. The lowest BCUT2D eigenvalue weighted by Gasteiger charge is -2.31. The maximum atomic E-state index is 13.3. The SMILES string of the molecule is Cc1ccc(-n2nc(C(C)(C)C)cc2NC(=O)Nc2cccc(CC3CCN(S(=O)(=O)c4ccc(F)cc4)CC3)c2)cc1. The van der Waals surface area contributed by atoms with Crippen molar-refractivity contribution < 1.29 is 17.6 Å². The number of carbonyl (C=O) groups excluding carboxylic acids is 1. The van der Waals surface area contributed by atoms with Crippen molar-refractivity contribution in [3.05, 3.63) is 102 Å². The first-order valence-corrected chi connectivity index (χ1v) is 15.9. The van der Waals surface area contributed by atoms with Gasteiger partial charge in [-0.05, 0) is 86.2 Å². The Balaban J connectivity index is 1.21. The number of urea groups is 1. The average molecular weight is 604 g/mol. The molecule has 0 unspecified atom stereocenters. The fourth-order valence-electron chi connectivity index (χ4n) is 5.22. The van der Waals surface area contributed by atoms with E-state index in [0.717, 1.165) is 41.8 Å². The van der Waals surface area contributed by atoms with E-state index in [0.29, 0.717) is 30.5 Å². The minimum absolute atomic E-state index is 0.112. The van der Waals surface area contributed by atoms with Crippen molar-refractivity contribution in [1.29, 1.82) is 0 Å². The first-order valence-electron chi connectivity index (χ1n) is 14.5. The zero-order chi connectivity index (χ0) is 30.8. The van der Waals surface area contributed by atoms with Crippen molar-refractivity contribution in [1.82, 2.24) is 14.1 Å². The van der Waals surface area contributed by atoms with Crippen LogP contribution >= 0.6 is 0 Å². The number of sulfonamides is 1. The highest BCUT2D eigenvalue weighted by Gasteiger charge is 2.29. The van der Waals surface area contributed by atoms with E-state index in [-0.39, 0.29) is 16.3 Å². The summed E-state index contributed by atoms with van der Waals surface area (Å²) in [6, 6.07) is 22.2. The molecule has 0 aliphatic carbocycles. The molecule has 8 nitrogen and oxygen atoms in total. The predicted molar refractivity (Wildman–Crippen MR) is 168 cm³/mol. The number of halogens is 1. The summed E-state index contributed by atoms with van der Waals surface area (Å²) in [5.41, 5.74) is 4.40. The second-order valence-corrected chi connectivity index (χ2v) is 14.1. The molecule has 0 saturated carbocycles. The van der Waals surface area contributed by atoms with Crippen LogP contribution in [0.4, 0.5) is 20.7 Å². The molecule has 1 aliphatic rings. The van der Waals surface area contributed by atoms with Crippen molar-refractivity contribution in [3.8, 4) is 5.69 Å². The van der Waals surface area contributed by atoms with Gasteiger partial charge in [-0.25, -0.2) is 22.3 Å². The summed E-state index contributed by atoms with van der Waals surface area (Å²) in [5.74, 6) is 0.420. The van der Waals surface area contributed by atoms with Crippen LogP contribution in [0.1, 0.15) is 50.4 Å². The largest absolute Gasteiger partial charge is 0.324 e. The highest BCUT2D eigenvalue weighted by Crippen LogP contribution is 2.28. The van der Waals surface area contributed by atoms with Crippen LogP contribution in [-0.2, 0) is 21.9 Å². The van der Waals surface area contributed by atoms with Crippen LogP contribution in [0, 0.1) is 18.7 Å². The van der Waals surface area contributed by atoms with Crippen molar-refractivity contribution in [2.45, 2.75) is 57.3 Å². The van der Waals surface area contributed by atoms with E-state index in [2.05, 4.69) is 31.4 Å². The third-order valence-electron chi connectivity index (χ3n) is 7.73. The Bertz CT molecular complexity index is 1690. The Morgan fingerprint density at radius 1 is 0.953 bits per heavy atom. The van der Waals surface area contributed by atoms with E-state index in [4.69, 9.17) is 5.10 Å². The Labute approximate surface area is 253 Å². The quantitative estimate of drug-likeness (QED) is 0.240. The zero-order valence-corrected chi connectivity index (χ0v) is 25.8. The molecule has 2 amide bonds. The maximum Gasteiger partial charge on any atom is 0.324 e. The van der Waals surface area contributed by atoms with Gasteiger partial charge in [-0.2, -0.15) is 9.40 Å². The Morgan fingerprint density at radius 2 is 1.63 bits per heavy atom. The van der Waals surface area contributed by atoms with Crippen LogP contribution in [-0.4, -0.2) is 41.6 Å². The molecule has 10 heteroatoms. The minimum Gasteiger partial charge on any atom is -0.308 e. The van der Waals surface area contributed by atoms with Gasteiger partial charge in [0.2, 0.25) is 10.0 Å². The molecule has 1 aromatic heterocycles. The minimum atomic E-state index is -3.64. The molecule has 3 aromatic carbocycles. The smallest absolute Gasteiger partial charge is 0.308 e. The summed E-state index contributed by atoms with van der Waals surface area (Å²) in [7, 11) is -3.64. The standard InChI is InChI=1S/C33H38FN5O3S/c1-23-8-12-28(13-9-23)39-31(22-30(37-39)33(2,3)4)36-32(40)35-27-7-5-6-25(21-27)20-24-16-18-38(19-17-24)43(41,42)29-14-10-26(34)11-15-29/h5-15,21-22,24H,16-20H2,1-4H3,(H2,35,36,40). The number of hydrogen-bond acceptors (Lipinski definition) is 4. The molecule has 1 aliphatic heterocycles. The van der Waals surface area contributed by atoms with Gasteiger partial charge in [0.25, 0.3) is 0 Å². The lowest BCUT2D eigenvalue weighted by Crippen LogP contribution is -2.38. The Morgan fingerprint density at radius 3 is 2.28 bits per heavy atom. The molecule has 2 N–H and O–H groups in total. The molecule has 5 rings (SSSR count). The second kappa shape index (κ2) is 12.3. The molecule has 4 aromatic rings. The highest BCUT2D eigenvalue weighted by molar-refractivity contribution is 7.89. The summed E-state index contributed by atoms with van der Waals surface area (Å²) < 4.78 is 42.4. The number of amides is 2. The molecule has 0 spiro atoms. The number of hydrogen-bond donors (Lipinski definition) is 2. The molecule has 0 atom stereocenters. The van der Waals surface area contributed by atoms with Gasteiger partial charge in [-0.15, -0.1) is 0 Å². The van der Waals surface area contributed by atoms with Crippen LogP contribution in [0.15, 0.2) is 83.8 Å². The molecule has 226 valence electrons. The first-order chi connectivity index (χ1) is 20.4. The summed E-state index contributed by atoms with van der Waals surface area (Å²) in [6.07, 6.45) is 2.21. The van der Waals surface area contributed by atoms with Gasteiger partial charge < -0.3 is 5.32 Å². The summed E-state index contributed by atoms with van der Waals surface area (Å²) in [5, 5.41) is 10.7. The van der Waals surface area contributed by atoms with Crippen molar-refractivity contribution >= 4 is 27.6 Å². The van der Waals surface area contributed by atoms with Gasteiger partial charge in [0, 0.05) is 30.3 Å². The van der Waals surface area contributed by atoms with Crippen molar-refractivity contribution in [2.75, 3.05) is 23.7 Å². The number of aryl methyl sites for hydroxylation is 1. The zero-order valence-electron chi connectivity index (χ0n) is 25.0. The average Bonchev–Trinajstić information content (AvgIpc) is 3.38. The third-order valence-corrected chi connectivity index (χ3v) is 9.64. The van der Waals surface area contributed by atoms with Crippen molar-refractivity contribution in [3.63, 3.8) is 0 Å². The number of rotatable bonds is 7. The van der Waals surface area contributed by atoms with Gasteiger partial charge in [0.05, 0.1) is 16.3 Å². The number of nitrogens with zero attached hydrogens (tertiary/aromatic N) is 3.